The molecule has 2 aromatic heterocycles. The van der Waals surface area contributed by atoms with Gasteiger partial charge in [0.05, 0.1) is 49.2 Å². The highest BCUT2D eigenvalue weighted by Crippen LogP contribution is 2.46. The largest absolute Gasteiger partial charge is 0.495 e. The van der Waals surface area contributed by atoms with Crippen LogP contribution in [0.5, 0.6) is 11.5 Å². The summed E-state index contributed by atoms with van der Waals surface area (Å²) in [5, 5.41) is 5.85. The number of carbonyl (C=O) groups is 1. The lowest BCUT2D eigenvalue weighted by Crippen LogP contribution is -2.29. The van der Waals surface area contributed by atoms with E-state index in [1.165, 1.54) is 20.3 Å². The SMILES string of the molecule is C=CC(=O)C[C@H]1COC[C@H]1Nc1cc2c(N(C)C)nc(-c3c(Cl)c(OC)cc(OC)c3Cl)cc2cn1. The lowest BCUT2D eigenvalue weighted by Gasteiger charge is -2.21. The number of hydrogen-bond donors (Lipinski definition) is 1. The Morgan fingerprint density at radius 1 is 1.19 bits per heavy atom. The molecule has 1 aromatic carbocycles. The van der Waals surface area contributed by atoms with Gasteiger partial charge >= 0.3 is 0 Å². The minimum absolute atomic E-state index is 0.00175. The Labute approximate surface area is 220 Å². The van der Waals surface area contributed by atoms with Crippen LogP contribution in [0.2, 0.25) is 10.0 Å². The van der Waals surface area contributed by atoms with Crippen molar-refractivity contribution >= 4 is 51.4 Å². The Kier molecular flexibility index (Phi) is 7.88. The summed E-state index contributed by atoms with van der Waals surface area (Å²) >= 11 is 13.3. The first kappa shape index (κ1) is 26.0. The van der Waals surface area contributed by atoms with E-state index in [0.29, 0.717) is 64.1 Å². The molecule has 0 unspecified atom stereocenters. The van der Waals surface area contributed by atoms with E-state index in [2.05, 4.69) is 16.9 Å². The second-order valence-corrected chi connectivity index (χ2v) is 9.48. The zero-order chi connectivity index (χ0) is 26.0. The molecular weight excluding hydrogens is 503 g/mol. The molecule has 4 rings (SSSR count). The van der Waals surface area contributed by atoms with E-state index in [4.69, 9.17) is 42.4 Å². The number of aromatic nitrogens is 2. The molecule has 1 N–H and O–H groups in total. The summed E-state index contributed by atoms with van der Waals surface area (Å²) < 4.78 is 16.5. The van der Waals surface area contributed by atoms with Gasteiger partial charge in [-0.15, -0.1) is 0 Å². The summed E-state index contributed by atoms with van der Waals surface area (Å²) in [6.07, 6.45) is 3.51. The number of fused-ring (bicyclic) bond motifs is 1. The number of ketones is 1. The van der Waals surface area contributed by atoms with Gasteiger partial charge in [0.2, 0.25) is 0 Å². The van der Waals surface area contributed by atoms with Crippen molar-refractivity contribution in [3.8, 4) is 22.8 Å². The monoisotopic (exact) mass is 530 g/mol. The number of rotatable bonds is 9. The number of ether oxygens (including phenoxy) is 3. The van der Waals surface area contributed by atoms with Crippen molar-refractivity contribution in [2.75, 3.05) is 51.7 Å². The van der Waals surface area contributed by atoms with E-state index in [1.807, 2.05) is 31.1 Å². The lowest BCUT2D eigenvalue weighted by atomic mass is 9.97. The van der Waals surface area contributed by atoms with E-state index in [0.717, 1.165) is 10.8 Å². The van der Waals surface area contributed by atoms with Crippen molar-refractivity contribution in [1.82, 2.24) is 9.97 Å². The normalized spacial score (nSPS) is 17.2. The van der Waals surface area contributed by atoms with Gasteiger partial charge in [0.25, 0.3) is 0 Å². The molecule has 8 nitrogen and oxygen atoms in total. The Balaban J connectivity index is 1.76. The molecule has 0 aliphatic carbocycles. The quantitative estimate of drug-likeness (QED) is 0.375. The maximum absolute atomic E-state index is 11.9. The zero-order valence-corrected chi connectivity index (χ0v) is 22.1. The molecule has 0 saturated carbocycles. The Hall–Kier alpha value is -3.07. The fourth-order valence-corrected chi connectivity index (χ4v) is 4.97. The van der Waals surface area contributed by atoms with Crippen LogP contribution < -0.4 is 19.7 Å². The number of nitrogens with zero attached hydrogens (tertiary/aromatic N) is 3. The van der Waals surface area contributed by atoms with Crippen LogP contribution in [0.15, 0.2) is 37.1 Å². The van der Waals surface area contributed by atoms with E-state index >= 15 is 0 Å². The average molecular weight is 531 g/mol. The van der Waals surface area contributed by atoms with Gasteiger partial charge in [-0.1, -0.05) is 29.8 Å². The molecule has 0 radical (unpaired) electrons. The highest BCUT2D eigenvalue weighted by Gasteiger charge is 2.30. The van der Waals surface area contributed by atoms with Crippen LogP contribution in [0.3, 0.4) is 0 Å². The van der Waals surface area contributed by atoms with Crippen molar-refractivity contribution in [3.63, 3.8) is 0 Å². The fraction of sp³-hybridized carbons (Fsp3) is 0.346. The fourth-order valence-electron chi connectivity index (χ4n) is 4.28. The van der Waals surface area contributed by atoms with Crippen molar-refractivity contribution in [1.29, 1.82) is 0 Å². The van der Waals surface area contributed by atoms with Crippen molar-refractivity contribution in [3.05, 3.63) is 47.1 Å². The maximum Gasteiger partial charge on any atom is 0.155 e. The summed E-state index contributed by atoms with van der Waals surface area (Å²) in [6, 6.07) is 5.44. The van der Waals surface area contributed by atoms with Gasteiger partial charge in [0.1, 0.15) is 23.1 Å². The molecule has 10 heteroatoms. The van der Waals surface area contributed by atoms with Crippen LogP contribution in [0.1, 0.15) is 6.42 Å². The summed E-state index contributed by atoms with van der Waals surface area (Å²) in [7, 11) is 6.89. The minimum Gasteiger partial charge on any atom is -0.495 e. The first-order valence-corrected chi connectivity index (χ1v) is 12.1. The second-order valence-electron chi connectivity index (χ2n) is 8.72. The van der Waals surface area contributed by atoms with Crippen molar-refractivity contribution in [2.45, 2.75) is 12.5 Å². The number of pyridine rings is 2. The Morgan fingerprint density at radius 3 is 2.50 bits per heavy atom. The Bertz CT molecular complexity index is 1290. The van der Waals surface area contributed by atoms with Crippen molar-refractivity contribution < 1.29 is 19.0 Å². The van der Waals surface area contributed by atoms with Gasteiger partial charge in [-0.05, 0) is 18.2 Å². The lowest BCUT2D eigenvalue weighted by molar-refractivity contribution is -0.115. The number of allylic oxidation sites excluding steroid dienone is 1. The standard InChI is InChI=1S/C26H28Cl2N4O4/c1-6-16(33)7-15-12-36-13-19(15)30-22-9-17-14(11-29-22)8-18(31-26(17)32(2)3)23-24(27)20(34-4)10-21(35-5)25(23)28/h6,8-11,15,19H,1,7,12-13H2,2-5H3,(H,29,30)/t15-,19+/m0/s1. The van der Waals surface area contributed by atoms with E-state index in [-0.39, 0.29) is 17.7 Å². The van der Waals surface area contributed by atoms with Gasteiger partial charge in [0.15, 0.2) is 5.78 Å². The molecule has 2 atom stereocenters. The number of anilines is 2. The number of carbonyl (C=O) groups excluding carboxylic acids is 1. The first-order valence-electron chi connectivity index (χ1n) is 11.3. The van der Waals surface area contributed by atoms with Gasteiger partial charge in [-0.3, -0.25) is 4.79 Å². The smallest absolute Gasteiger partial charge is 0.155 e. The molecule has 0 bridgehead atoms. The number of methoxy groups -OCH3 is 2. The van der Waals surface area contributed by atoms with Crippen LogP contribution in [0.25, 0.3) is 22.0 Å². The van der Waals surface area contributed by atoms with E-state index < -0.39 is 0 Å². The third-order valence-electron chi connectivity index (χ3n) is 6.17. The number of halogens is 2. The molecule has 1 aliphatic heterocycles. The number of benzene rings is 1. The summed E-state index contributed by atoms with van der Waals surface area (Å²) in [6.45, 7) is 4.59. The predicted molar refractivity (Wildman–Crippen MR) is 144 cm³/mol. The third-order valence-corrected chi connectivity index (χ3v) is 6.92. The second kappa shape index (κ2) is 10.9. The molecule has 1 fully saturated rings. The van der Waals surface area contributed by atoms with Gasteiger partial charge in [0, 0.05) is 55.0 Å². The first-order chi connectivity index (χ1) is 17.3. The molecule has 1 saturated heterocycles. The molecule has 0 amide bonds. The van der Waals surface area contributed by atoms with Crippen LogP contribution in [0.4, 0.5) is 11.6 Å². The summed E-state index contributed by atoms with van der Waals surface area (Å²) in [5.41, 5.74) is 1.08. The third kappa shape index (κ3) is 5.07. The number of hydrogen-bond acceptors (Lipinski definition) is 8. The predicted octanol–water partition coefficient (Wildman–Crippen LogP) is 5.26. The van der Waals surface area contributed by atoms with Gasteiger partial charge < -0.3 is 24.4 Å². The molecule has 1 aliphatic rings. The summed E-state index contributed by atoms with van der Waals surface area (Å²) in [5.74, 6) is 2.30. The van der Waals surface area contributed by atoms with Crippen LogP contribution >= 0.6 is 23.2 Å². The zero-order valence-electron chi connectivity index (χ0n) is 20.6. The van der Waals surface area contributed by atoms with E-state index in [1.54, 1.807) is 12.3 Å². The molecular formula is C26H28Cl2N4O4. The highest BCUT2D eigenvalue weighted by molar-refractivity contribution is 6.41. The topological polar surface area (TPSA) is 85.8 Å². The van der Waals surface area contributed by atoms with Gasteiger partial charge in [-0.2, -0.15) is 0 Å². The van der Waals surface area contributed by atoms with Crippen LogP contribution in [-0.4, -0.2) is 63.3 Å². The van der Waals surface area contributed by atoms with Crippen molar-refractivity contribution in [2.24, 2.45) is 5.92 Å². The molecule has 36 heavy (non-hydrogen) atoms. The highest BCUT2D eigenvalue weighted by atomic mass is 35.5. The number of nitrogens with one attached hydrogen (secondary N) is 1. The molecule has 190 valence electrons. The van der Waals surface area contributed by atoms with Crippen LogP contribution in [0, 0.1) is 5.92 Å². The molecule has 3 aromatic rings. The average Bonchev–Trinajstić information content (AvgIpc) is 3.29. The maximum atomic E-state index is 11.9. The molecule has 0 spiro atoms. The minimum atomic E-state index is -0.0317. The molecule has 3 heterocycles. The van der Waals surface area contributed by atoms with Gasteiger partial charge in [-0.25, -0.2) is 9.97 Å². The van der Waals surface area contributed by atoms with Crippen LogP contribution in [-0.2, 0) is 9.53 Å². The van der Waals surface area contributed by atoms with E-state index in [9.17, 15) is 4.79 Å². The summed E-state index contributed by atoms with van der Waals surface area (Å²) in [4.78, 5) is 23.3. The Morgan fingerprint density at radius 2 is 1.89 bits per heavy atom.